The number of hydrogen-bond acceptors (Lipinski definition) is 4. The van der Waals surface area contributed by atoms with Gasteiger partial charge in [0.1, 0.15) is 0 Å². The van der Waals surface area contributed by atoms with Gasteiger partial charge in [-0.25, -0.2) is 0 Å². The predicted molar refractivity (Wildman–Crippen MR) is 85.3 cm³/mol. The van der Waals surface area contributed by atoms with Crippen molar-refractivity contribution in [2.75, 3.05) is 32.8 Å². The first kappa shape index (κ1) is 16.8. The Morgan fingerprint density at radius 2 is 2.10 bits per heavy atom. The summed E-state index contributed by atoms with van der Waals surface area (Å²) in [6, 6.07) is 0.858. The van der Waals surface area contributed by atoms with Crippen molar-refractivity contribution in [1.82, 2.24) is 10.2 Å². The van der Waals surface area contributed by atoms with Gasteiger partial charge in [-0.15, -0.1) is 0 Å². The van der Waals surface area contributed by atoms with E-state index < -0.39 is 0 Å². The first-order chi connectivity index (χ1) is 10.3. The lowest BCUT2D eigenvalue weighted by Gasteiger charge is -2.30. The number of piperidine rings is 1. The maximum atomic E-state index is 11.3. The molecule has 0 bridgehead atoms. The summed E-state index contributed by atoms with van der Waals surface area (Å²) in [4.78, 5) is 14.0. The van der Waals surface area contributed by atoms with Crippen LogP contribution >= 0.6 is 0 Å². The molecule has 2 aliphatic rings. The van der Waals surface area contributed by atoms with Crippen LogP contribution in [0.15, 0.2) is 0 Å². The van der Waals surface area contributed by atoms with E-state index in [1.807, 2.05) is 6.92 Å². The van der Waals surface area contributed by atoms with Crippen LogP contribution in [0.5, 0.6) is 0 Å². The molecule has 0 amide bonds. The van der Waals surface area contributed by atoms with Gasteiger partial charge in [0.15, 0.2) is 0 Å². The van der Waals surface area contributed by atoms with Gasteiger partial charge in [-0.2, -0.15) is 0 Å². The molecule has 1 atom stereocenters. The standard InChI is InChI=1S/C17H32N2O2/c1-2-21-17(20)8-4-3-5-12-19(16-9-10-16)14-15-7-6-11-18-13-15/h15-16,18H,2-14H2,1H3. The van der Waals surface area contributed by atoms with E-state index in [0.717, 1.165) is 24.8 Å². The molecule has 0 aromatic carbocycles. The van der Waals surface area contributed by atoms with E-state index in [2.05, 4.69) is 10.2 Å². The monoisotopic (exact) mass is 296 g/mol. The molecule has 21 heavy (non-hydrogen) atoms. The first-order valence-electron chi connectivity index (χ1n) is 8.90. The molecule has 0 aromatic heterocycles. The van der Waals surface area contributed by atoms with Crippen molar-refractivity contribution in [2.45, 2.75) is 64.3 Å². The van der Waals surface area contributed by atoms with E-state index in [1.165, 1.54) is 58.3 Å². The lowest BCUT2D eigenvalue weighted by atomic mass is 9.99. The van der Waals surface area contributed by atoms with Gasteiger partial charge in [0.25, 0.3) is 0 Å². The summed E-state index contributed by atoms with van der Waals surface area (Å²) in [6.07, 6.45) is 9.43. The molecule has 1 saturated heterocycles. The summed E-state index contributed by atoms with van der Waals surface area (Å²) in [5, 5.41) is 3.52. The Kier molecular flexibility index (Phi) is 7.51. The number of nitrogens with one attached hydrogen (secondary N) is 1. The molecule has 2 fully saturated rings. The number of nitrogens with zero attached hydrogens (tertiary/aromatic N) is 1. The fourth-order valence-electron chi connectivity index (χ4n) is 3.27. The average molecular weight is 296 g/mol. The van der Waals surface area contributed by atoms with Crippen molar-refractivity contribution in [3.63, 3.8) is 0 Å². The molecule has 1 N–H and O–H groups in total. The summed E-state index contributed by atoms with van der Waals surface area (Å²) < 4.78 is 4.96. The largest absolute Gasteiger partial charge is 0.466 e. The second-order valence-electron chi connectivity index (χ2n) is 6.55. The number of ether oxygens (including phenoxy) is 1. The SMILES string of the molecule is CCOC(=O)CCCCCN(CC1CCCNC1)C1CC1. The normalized spacial score (nSPS) is 22.5. The van der Waals surface area contributed by atoms with Crippen LogP contribution in [0.2, 0.25) is 0 Å². The van der Waals surface area contributed by atoms with Crippen LogP contribution in [0.3, 0.4) is 0 Å². The van der Waals surface area contributed by atoms with Gasteiger partial charge in [-0.05, 0) is 71.0 Å². The molecule has 122 valence electrons. The molecule has 1 aliphatic heterocycles. The number of rotatable bonds is 10. The molecular formula is C17H32N2O2. The lowest BCUT2D eigenvalue weighted by Crippen LogP contribution is -2.39. The third kappa shape index (κ3) is 6.79. The highest BCUT2D eigenvalue weighted by Crippen LogP contribution is 2.28. The molecule has 4 heteroatoms. The minimum absolute atomic E-state index is 0.0372. The van der Waals surface area contributed by atoms with Crippen molar-refractivity contribution < 1.29 is 9.53 Å². The number of carbonyl (C=O) groups excluding carboxylic acids is 1. The summed E-state index contributed by atoms with van der Waals surface area (Å²) in [5.41, 5.74) is 0. The Labute approximate surface area is 129 Å². The number of carbonyl (C=O) groups is 1. The Hall–Kier alpha value is -0.610. The van der Waals surface area contributed by atoms with Gasteiger partial charge in [0, 0.05) is 19.0 Å². The molecule has 0 radical (unpaired) electrons. The number of hydrogen-bond donors (Lipinski definition) is 1. The Morgan fingerprint density at radius 1 is 1.24 bits per heavy atom. The molecule has 4 nitrogen and oxygen atoms in total. The number of unbranched alkanes of at least 4 members (excludes halogenated alkanes) is 2. The topological polar surface area (TPSA) is 41.6 Å². The van der Waals surface area contributed by atoms with Gasteiger partial charge in [0.05, 0.1) is 6.61 Å². The highest BCUT2D eigenvalue weighted by molar-refractivity contribution is 5.69. The summed E-state index contributed by atoms with van der Waals surface area (Å²) in [7, 11) is 0. The van der Waals surface area contributed by atoms with Crippen LogP contribution in [0, 0.1) is 5.92 Å². The molecule has 0 aromatic rings. The van der Waals surface area contributed by atoms with E-state index in [9.17, 15) is 4.79 Å². The quantitative estimate of drug-likeness (QED) is 0.497. The minimum Gasteiger partial charge on any atom is -0.466 e. The van der Waals surface area contributed by atoms with Crippen molar-refractivity contribution in [1.29, 1.82) is 0 Å². The van der Waals surface area contributed by atoms with Crippen molar-refractivity contribution in [2.24, 2.45) is 5.92 Å². The van der Waals surface area contributed by atoms with Crippen LogP contribution in [0.25, 0.3) is 0 Å². The minimum atomic E-state index is -0.0372. The third-order valence-corrected chi connectivity index (χ3v) is 4.59. The Balaban J connectivity index is 1.56. The molecule has 1 heterocycles. The highest BCUT2D eigenvalue weighted by Gasteiger charge is 2.30. The Morgan fingerprint density at radius 3 is 2.76 bits per heavy atom. The van der Waals surface area contributed by atoms with Crippen LogP contribution in [0.4, 0.5) is 0 Å². The van der Waals surface area contributed by atoms with Crippen molar-refractivity contribution in [3.8, 4) is 0 Å². The van der Waals surface area contributed by atoms with E-state index >= 15 is 0 Å². The second kappa shape index (κ2) is 9.42. The van der Waals surface area contributed by atoms with Gasteiger partial charge < -0.3 is 15.0 Å². The molecule has 2 rings (SSSR count). The zero-order valence-electron chi connectivity index (χ0n) is 13.6. The molecule has 1 aliphatic carbocycles. The van der Waals surface area contributed by atoms with Crippen molar-refractivity contribution >= 4 is 5.97 Å². The summed E-state index contributed by atoms with van der Waals surface area (Å²) >= 11 is 0. The zero-order chi connectivity index (χ0) is 14.9. The van der Waals surface area contributed by atoms with Crippen LogP contribution < -0.4 is 5.32 Å². The third-order valence-electron chi connectivity index (χ3n) is 4.59. The molecule has 1 saturated carbocycles. The summed E-state index contributed by atoms with van der Waals surface area (Å²) in [5.74, 6) is 0.809. The fourth-order valence-corrected chi connectivity index (χ4v) is 3.27. The smallest absolute Gasteiger partial charge is 0.305 e. The zero-order valence-corrected chi connectivity index (χ0v) is 13.6. The van der Waals surface area contributed by atoms with E-state index in [1.54, 1.807) is 0 Å². The fraction of sp³-hybridized carbons (Fsp3) is 0.941. The number of esters is 1. The molecular weight excluding hydrogens is 264 g/mol. The van der Waals surface area contributed by atoms with Crippen LogP contribution in [0.1, 0.15) is 58.3 Å². The maximum absolute atomic E-state index is 11.3. The van der Waals surface area contributed by atoms with Gasteiger partial charge in [-0.1, -0.05) is 6.42 Å². The van der Waals surface area contributed by atoms with E-state index in [0.29, 0.717) is 13.0 Å². The Bertz CT molecular complexity index is 299. The predicted octanol–water partition coefficient (Wildman–Crippen LogP) is 2.57. The highest BCUT2D eigenvalue weighted by atomic mass is 16.5. The second-order valence-corrected chi connectivity index (χ2v) is 6.55. The first-order valence-corrected chi connectivity index (χ1v) is 8.90. The van der Waals surface area contributed by atoms with Crippen LogP contribution in [-0.4, -0.2) is 49.7 Å². The van der Waals surface area contributed by atoms with Gasteiger partial charge in [0.2, 0.25) is 0 Å². The summed E-state index contributed by atoms with van der Waals surface area (Å²) in [6.45, 7) is 7.26. The van der Waals surface area contributed by atoms with E-state index in [-0.39, 0.29) is 5.97 Å². The maximum Gasteiger partial charge on any atom is 0.305 e. The average Bonchev–Trinajstić information content (AvgIpc) is 3.32. The van der Waals surface area contributed by atoms with Gasteiger partial charge >= 0.3 is 5.97 Å². The molecule has 0 spiro atoms. The van der Waals surface area contributed by atoms with Crippen LogP contribution in [-0.2, 0) is 9.53 Å². The van der Waals surface area contributed by atoms with Crippen molar-refractivity contribution in [3.05, 3.63) is 0 Å². The van der Waals surface area contributed by atoms with E-state index in [4.69, 9.17) is 4.74 Å². The molecule has 1 unspecified atom stereocenters. The van der Waals surface area contributed by atoms with Gasteiger partial charge in [-0.3, -0.25) is 4.79 Å². The lowest BCUT2D eigenvalue weighted by molar-refractivity contribution is -0.143.